The molecule has 2 nitrogen and oxygen atoms in total. The largest absolute Gasteiger partial charge is 0.342 e. The molecule has 0 aliphatic carbocycles. The number of nitrogens with zero attached hydrogens (tertiary/aromatic N) is 1. The zero-order chi connectivity index (χ0) is 9.56. The molecular weight excluding hydrogens is 170 g/mol. The molecule has 0 aliphatic heterocycles. The zero-order valence-corrected chi connectivity index (χ0v) is 9.10. The number of carbonyl (C=O) groups excluding carboxylic acids is 1. The van der Waals surface area contributed by atoms with E-state index in [4.69, 9.17) is 0 Å². The second-order valence-electron chi connectivity index (χ2n) is 3.00. The summed E-state index contributed by atoms with van der Waals surface area (Å²) < 4.78 is 0. The molecule has 1 amide bonds. The molecule has 0 saturated carbocycles. The van der Waals surface area contributed by atoms with Crippen molar-refractivity contribution >= 4 is 18.5 Å². The van der Waals surface area contributed by atoms with Gasteiger partial charge < -0.3 is 4.90 Å². The Kier molecular flexibility index (Phi) is 6.25. The SMILES string of the molecule is CCCN(CCC)C(=O)C(C)S. The highest BCUT2D eigenvalue weighted by atomic mass is 32.1. The van der Waals surface area contributed by atoms with E-state index in [0.29, 0.717) is 0 Å². The van der Waals surface area contributed by atoms with E-state index < -0.39 is 0 Å². The molecule has 1 atom stereocenters. The highest BCUT2D eigenvalue weighted by molar-refractivity contribution is 7.81. The second kappa shape index (κ2) is 6.35. The predicted molar refractivity (Wildman–Crippen MR) is 55.6 cm³/mol. The molecule has 0 fully saturated rings. The van der Waals surface area contributed by atoms with Crippen LogP contribution in [0, 0.1) is 0 Å². The summed E-state index contributed by atoms with van der Waals surface area (Å²) in [6.45, 7) is 7.71. The quantitative estimate of drug-likeness (QED) is 0.655. The minimum Gasteiger partial charge on any atom is -0.342 e. The number of amides is 1. The van der Waals surface area contributed by atoms with E-state index in [9.17, 15) is 4.79 Å². The first-order chi connectivity index (χ1) is 5.63. The van der Waals surface area contributed by atoms with E-state index in [-0.39, 0.29) is 11.2 Å². The molecule has 0 aliphatic rings. The molecule has 0 rings (SSSR count). The highest BCUT2D eigenvalue weighted by Crippen LogP contribution is 2.02. The van der Waals surface area contributed by atoms with Gasteiger partial charge in [-0.2, -0.15) is 12.6 Å². The maximum absolute atomic E-state index is 11.5. The van der Waals surface area contributed by atoms with Gasteiger partial charge in [0.05, 0.1) is 5.25 Å². The van der Waals surface area contributed by atoms with Crippen molar-refractivity contribution in [2.75, 3.05) is 13.1 Å². The molecule has 0 bridgehead atoms. The normalized spacial score (nSPS) is 12.7. The van der Waals surface area contributed by atoms with Gasteiger partial charge in [0.15, 0.2) is 0 Å². The van der Waals surface area contributed by atoms with Gasteiger partial charge in [-0.15, -0.1) is 0 Å². The predicted octanol–water partition coefficient (Wildman–Crippen LogP) is 1.95. The summed E-state index contributed by atoms with van der Waals surface area (Å²) in [4.78, 5) is 13.4. The lowest BCUT2D eigenvalue weighted by Gasteiger charge is -2.22. The van der Waals surface area contributed by atoms with E-state index in [2.05, 4.69) is 26.5 Å². The van der Waals surface area contributed by atoms with Gasteiger partial charge in [-0.05, 0) is 19.8 Å². The fourth-order valence-corrected chi connectivity index (χ4v) is 1.30. The smallest absolute Gasteiger partial charge is 0.235 e. The van der Waals surface area contributed by atoms with Gasteiger partial charge in [0.1, 0.15) is 0 Å². The number of carbonyl (C=O) groups is 1. The first-order valence-corrected chi connectivity index (χ1v) is 5.12. The van der Waals surface area contributed by atoms with Crippen LogP contribution in [0.15, 0.2) is 0 Å². The maximum Gasteiger partial charge on any atom is 0.235 e. The van der Waals surface area contributed by atoms with E-state index in [0.717, 1.165) is 25.9 Å². The Morgan fingerprint density at radius 1 is 1.33 bits per heavy atom. The van der Waals surface area contributed by atoms with Crippen molar-refractivity contribution < 1.29 is 4.79 Å². The first-order valence-electron chi connectivity index (χ1n) is 4.60. The lowest BCUT2D eigenvalue weighted by atomic mass is 10.3. The summed E-state index contributed by atoms with van der Waals surface area (Å²) in [5.41, 5.74) is 0. The molecule has 0 aromatic rings. The Morgan fingerprint density at radius 3 is 2.00 bits per heavy atom. The molecule has 12 heavy (non-hydrogen) atoms. The van der Waals surface area contributed by atoms with E-state index in [1.807, 2.05) is 11.8 Å². The van der Waals surface area contributed by atoms with Gasteiger partial charge in [0.25, 0.3) is 0 Å². The Labute approximate surface area is 80.7 Å². The van der Waals surface area contributed by atoms with Crippen LogP contribution in [0.2, 0.25) is 0 Å². The van der Waals surface area contributed by atoms with Gasteiger partial charge in [0.2, 0.25) is 5.91 Å². The van der Waals surface area contributed by atoms with Crippen LogP contribution in [-0.4, -0.2) is 29.1 Å². The van der Waals surface area contributed by atoms with Crippen LogP contribution in [-0.2, 0) is 4.79 Å². The van der Waals surface area contributed by atoms with Gasteiger partial charge in [-0.1, -0.05) is 13.8 Å². The Bertz CT molecular complexity index is 130. The van der Waals surface area contributed by atoms with Crippen molar-refractivity contribution in [1.82, 2.24) is 4.90 Å². The van der Waals surface area contributed by atoms with Crippen molar-refractivity contribution in [2.45, 2.75) is 38.9 Å². The third kappa shape index (κ3) is 4.00. The van der Waals surface area contributed by atoms with Crippen LogP contribution >= 0.6 is 12.6 Å². The number of hydrogen-bond donors (Lipinski definition) is 1. The van der Waals surface area contributed by atoms with Crippen molar-refractivity contribution in [1.29, 1.82) is 0 Å². The molecule has 0 saturated heterocycles. The average Bonchev–Trinajstić information content (AvgIpc) is 2.03. The van der Waals surface area contributed by atoms with Crippen LogP contribution in [0.25, 0.3) is 0 Å². The summed E-state index contributed by atoms with van der Waals surface area (Å²) >= 11 is 4.13. The molecule has 0 spiro atoms. The lowest BCUT2D eigenvalue weighted by molar-refractivity contribution is -0.130. The average molecular weight is 189 g/mol. The molecule has 72 valence electrons. The van der Waals surface area contributed by atoms with Gasteiger partial charge in [0, 0.05) is 13.1 Å². The maximum atomic E-state index is 11.5. The van der Waals surface area contributed by atoms with Crippen molar-refractivity contribution in [3.63, 3.8) is 0 Å². The first kappa shape index (κ1) is 11.8. The van der Waals surface area contributed by atoms with Gasteiger partial charge >= 0.3 is 0 Å². The Morgan fingerprint density at radius 2 is 1.75 bits per heavy atom. The Balaban J connectivity index is 3.99. The standard InChI is InChI=1S/C9H19NOS/c1-4-6-10(7-5-2)9(11)8(3)12/h8,12H,4-7H2,1-3H3. The molecule has 0 aromatic heterocycles. The van der Waals surface area contributed by atoms with E-state index >= 15 is 0 Å². The topological polar surface area (TPSA) is 20.3 Å². The number of hydrogen-bond acceptors (Lipinski definition) is 2. The summed E-state index contributed by atoms with van der Waals surface area (Å²) in [6, 6.07) is 0. The molecule has 0 heterocycles. The van der Waals surface area contributed by atoms with Gasteiger partial charge in [-0.3, -0.25) is 4.79 Å². The minimum atomic E-state index is -0.164. The van der Waals surface area contributed by atoms with Crippen LogP contribution in [0.5, 0.6) is 0 Å². The van der Waals surface area contributed by atoms with Crippen LogP contribution < -0.4 is 0 Å². The molecule has 1 unspecified atom stereocenters. The molecular formula is C9H19NOS. The lowest BCUT2D eigenvalue weighted by Crippen LogP contribution is -2.36. The third-order valence-electron chi connectivity index (χ3n) is 1.66. The highest BCUT2D eigenvalue weighted by Gasteiger charge is 2.15. The fourth-order valence-electron chi connectivity index (χ4n) is 1.14. The van der Waals surface area contributed by atoms with Crippen LogP contribution in [0.3, 0.4) is 0 Å². The minimum absolute atomic E-state index is 0.155. The summed E-state index contributed by atoms with van der Waals surface area (Å²) in [7, 11) is 0. The third-order valence-corrected chi connectivity index (χ3v) is 1.88. The Hall–Kier alpha value is -0.180. The van der Waals surface area contributed by atoms with Gasteiger partial charge in [-0.25, -0.2) is 0 Å². The van der Waals surface area contributed by atoms with Crippen LogP contribution in [0.4, 0.5) is 0 Å². The van der Waals surface area contributed by atoms with Crippen LogP contribution in [0.1, 0.15) is 33.6 Å². The zero-order valence-electron chi connectivity index (χ0n) is 8.21. The van der Waals surface area contributed by atoms with Crippen molar-refractivity contribution in [3.05, 3.63) is 0 Å². The molecule has 0 radical (unpaired) electrons. The molecule has 0 aromatic carbocycles. The summed E-state index contributed by atoms with van der Waals surface area (Å²) in [5, 5.41) is -0.164. The summed E-state index contributed by atoms with van der Waals surface area (Å²) in [5.74, 6) is 0.155. The van der Waals surface area contributed by atoms with Crippen molar-refractivity contribution in [3.8, 4) is 0 Å². The number of rotatable bonds is 5. The second-order valence-corrected chi connectivity index (χ2v) is 3.78. The monoisotopic (exact) mass is 189 g/mol. The molecule has 0 N–H and O–H groups in total. The molecule has 3 heteroatoms. The fraction of sp³-hybridized carbons (Fsp3) is 0.889. The summed E-state index contributed by atoms with van der Waals surface area (Å²) in [6.07, 6.45) is 2.04. The van der Waals surface area contributed by atoms with Crippen molar-refractivity contribution in [2.24, 2.45) is 0 Å². The number of thiol groups is 1. The van der Waals surface area contributed by atoms with E-state index in [1.54, 1.807) is 0 Å². The van der Waals surface area contributed by atoms with E-state index in [1.165, 1.54) is 0 Å².